The van der Waals surface area contributed by atoms with E-state index in [2.05, 4.69) is 0 Å². The Balaban J connectivity index is 1.46. The summed E-state index contributed by atoms with van der Waals surface area (Å²) in [5.41, 5.74) is 0. The van der Waals surface area contributed by atoms with Crippen LogP contribution in [-0.4, -0.2) is 141 Å². The number of rotatable bonds is 10. The van der Waals surface area contributed by atoms with Gasteiger partial charge in [0.2, 0.25) is 0 Å². The fourth-order valence-corrected chi connectivity index (χ4v) is 6.18. The lowest BCUT2D eigenvalue weighted by Crippen LogP contribution is -2.63. The van der Waals surface area contributed by atoms with Crippen LogP contribution in [0, 0.1) is 5.92 Å². The molecule has 3 heterocycles. The van der Waals surface area contributed by atoms with Crippen molar-refractivity contribution in [2.24, 2.45) is 5.92 Å². The van der Waals surface area contributed by atoms with Gasteiger partial charge in [-0.2, -0.15) is 0 Å². The Morgan fingerprint density at radius 2 is 1.49 bits per heavy atom. The van der Waals surface area contributed by atoms with Crippen LogP contribution in [0.25, 0.3) is 0 Å². The van der Waals surface area contributed by atoms with Gasteiger partial charge in [-0.05, 0) is 32.6 Å². The molecule has 7 N–H and O–H groups in total. The minimum Gasteiger partial charge on any atom is -0.479 e. The van der Waals surface area contributed by atoms with Crippen LogP contribution in [0.3, 0.4) is 0 Å². The lowest BCUT2D eigenvalue weighted by atomic mass is 9.85. The van der Waals surface area contributed by atoms with E-state index in [9.17, 15) is 40.5 Å². The number of hydrogen-bond donors (Lipinski definition) is 7. The molecule has 0 amide bonds. The van der Waals surface area contributed by atoms with Crippen LogP contribution in [0.4, 0.5) is 0 Å². The van der Waals surface area contributed by atoms with Crippen molar-refractivity contribution < 1.29 is 69.0 Å². The van der Waals surface area contributed by atoms with Gasteiger partial charge in [-0.3, -0.25) is 0 Å². The van der Waals surface area contributed by atoms with Crippen LogP contribution < -0.4 is 0 Å². The van der Waals surface area contributed by atoms with Crippen molar-refractivity contribution >= 4 is 5.97 Å². The van der Waals surface area contributed by atoms with E-state index in [-0.39, 0.29) is 25.4 Å². The summed E-state index contributed by atoms with van der Waals surface area (Å²) in [4.78, 5) is 12.1. The molecule has 4 rings (SSSR count). The zero-order valence-electron chi connectivity index (χ0n) is 23.5. The average Bonchev–Trinajstić information content (AvgIpc) is 2.95. The summed E-state index contributed by atoms with van der Waals surface area (Å²) in [7, 11) is 0. The highest BCUT2D eigenvalue weighted by molar-refractivity contribution is 5.72. The third-order valence-electron chi connectivity index (χ3n) is 8.71. The van der Waals surface area contributed by atoms with Crippen molar-refractivity contribution in [1.82, 2.24) is 0 Å². The third-order valence-corrected chi connectivity index (χ3v) is 8.71. The molecular formula is C27H46O14. The zero-order valence-corrected chi connectivity index (χ0v) is 23.5. The summed E-state index contributed by atoms with van der Waals surface area (Å²) in [5.74, 6) is -1.06. The van der Waals surface area contributed by atoms with E-state index >= 15 is 0 Å². The number of ether oxygens (including phenoxy) is 6. The smallest absolute Gasteiger partial charge is 0.332 e. The van der Waals surface area contributed by atoms with Crippen molar-refractivity contribution in [3.8, 4) is 0 Å². The van der Waals surface area contributed by atoms with Crippen LogP contribution in [-0.2, 0) is 33.2 Å². The molecule has 1 aliphatic carbocycles. The molecule has 3 aliphatic heterocycles. The lowest BCUT2D eigenvalue weighted by molar-refractivity contribution is -0.355. The molecule has 0 aromatic rings. The molecule has 14 heteroatoms. The molecule has 14 nitrogen and oxygen atoms in total. The fraction of sp³-hybridized carbons (Fsp3) is 0.963. The predicted octanol–water partition coefficient (Wildman–Crippen LogP) is -1.36. The van der Waals surface area contributed by atoms with E-state index in [4.69, 9.17) is 28.4 Å². The standard InChI is InChI=1S/C27H46O14/c1-12-18(29)20(31)21(32)26(37-12)41-23-13(2)36-9-8-15(23)39-27-22(33)24(19(30)17(11-28)40-27)38-16(25(34)35)10-14-6-4-3-5-7-14/h12-24,26-33H,3-11H2,1-2H3,(H,34,35)/t12-,13+,15+,16-,17+,18+,19-,20+,21-,22+,23+,24-,26-,27+/m0/s1. The maximum Gasteiger partial charge on any atom is 0.332 e. The van der Waals surface area contributed by atoms with E-state index in [1.165, 1.54) is 6.92 Å². The second-order valence-corrected chi connectivity index (χ2v) is 11.7. The van der Waals surface area contributed by atoms with Crippen molar-refractivity contribution in [3.63, 3.8) is 0 Å². The Labute approximate surface area is 239 Å². The number of carboxylic acids is 1. The normalized spacial score (nSPS) is 45.3. The van der Waals surface area contributed by atoms with Gasteiger partial charge in [0.25, 0.3) is 0 Å². The van der Waals surface area contributed by atoms with Gasteiger partial charge in [-0.25, -0.2) is 4.79 Å². The summed E-state index contributed by atoms with van der Waals surface area (Å²) in [6.45, 7) is 2.85. The predicted molar refractivity (Wildman–Crippen MR) is 137 cm³/mol. The first-order valence-corrected chi connectivity index (χ1v) is 14.6. The number of carbonyl (C=O) groups is 1. The molecule has 1 saturated carbocycles. The molecule has 3 saturated heterocycles. The second-order valence-electron chi connectivity index (χ2n) is 11.7. The Kier molecular flexibility index (Phi) is 11.7. The average molecular weight is 595 g/mol. The Hall–Kier alpha value is -1.01. The summed E-state index contributed by atoms with van der Waals surface area (Å²) < 4.78 is 34.8. The largest absolute Gasteiger partial charge is 0.479 e. The highest BCUT2D eigenvalue weighted by Gasteiger charge is 2.50. The van der Waals surface area contributed by atoms with Crippen molar-refractivity contribution in [2.45, 2.75) is 145 Å². The van der Waals surface area contributed by atoms with Crippen molar-refractivity contribution in [1.29, 1.82) is 0 Å². The molecule has 14 atom stereocenters. The maximum atomic E-state index is 12.1. The minimum atomic E-state index is -1.62. The van der Waals surface area contributed by atoms with Gasteiger partial charge in [-0.15, -0.1) is 0 Å². The number of carboxylic acid groups (broad SMARTS) is 1. The molecular weight excluding hydrogens is 548 g/mol. The molecule has 0 radical (unpaired) electrons. The molecule has 238 valence electrons. The van der Waals surface area contributed by atoms with Crippen LogP contribution >= 0.6 is 0 Å². The molecule has 0 aromatic carbocycles. The molecule has 4 aliphatic rings. The molecule has 0 aromatic heterocycles. The van der Waals surface area contributed by atoms with Gasteiger partial charge in [-0.1, -0.05) is 32.1 Å². The summed E-state index contributed by atoms with van der Waals surface area (Å²) in [6, 6.07) is 0. The zero-order chi connectivity index (χ0) is 29.8. The molecule has 0 unspecified atom stereocenters. The van der Waals surface area contributed by atoms with Crippen LogP contribution in [0.1, 0.15) is 58.8 Å². The van der Waals surface area contributed by atoms with Crippen molar-refractivity contribution in [3.05, 3.63) is 0 Å². The minimum absolute atomic E-state index is 0.154. The first kappa shape index (κ1) is 32.9. The molecule has 4 fully saturated rings. The summed E-state index contributed by atoms with van der Waals surface area (Å²) in [5, 5.41) is 72.4. The SMILES string of the molecule is C[C@@H]1O[C@@H](O[C@@H]2[C@@H](C)OCC[C@H]2O[C@@H]2O[C@H](CO)[C@H](O)[C@H](O[C@@H](CC3CCCCC3)C(=O)O)[C@H]2O)[C@@H](O)[C@H](O)[C@@H]1O. The number of aliphatic carboxylic acids is 1. The Bertz CT molecular complexity index is 826. The monoisotopic (exact) mass is 594 g/mol. The van der Waals surface area contributed by atoms with Gasteiger partial charge in [0.1, 0.15) is 48.8 Å². The van der Waals surface area contributed by atoms with E-state index < -0.39 is 98.4 Å². The molecule has 41 heavy (non-hydrogen) atoms. The quantitative estimate of drug-likeness (QED) is 0.156. The summed E-state index contributed by atoms with van der Waals surface area (Å²) >= 11 is 0. The van der Waals surface area contributed by atoms with E-state index in [1.807, 2.05) is 0 Å². The topological polar surface area (TPSA) is 214 Å². The van der Waals surface area contributed by atoms with Crippen molar-refractivity contribution in [2.75, 3.05) is 13.2 Å². The fourth-order valence-electron chi connectivity index (χ4n) is 6.18. The number of aliphatic hydroxyl groups is 6. The highest BCUT2D eigenvalue weighted by Crippen LogP contribution is 2.34. The van der Waals surface area contributed by atoms with Gasteiger partial charge < -0.3 is 64.2 Å². The first-order chi connectivity index (χ1) is 19.5. The van der Waals surface area contributed by atoms with E-state index in [0.717, 1.165) is 32.1 Å². The molecule has 0 bridgehead atoms. The number of aliphatic hydroxyl groups excluding tert-OH is 6. The molecule has 0 spiro atoms. The Morgan fingerprint density at radius 1 is 0.805 bits per heavy atom. The lowest BCUT2D eigenvalue weighted by Gasteiger charge is -2.46. The number of hydrogen-bond acceptors (Lipinski definition) is 13. The maximum absolute atomic E-state index is 12.1. The van der Waals surface area contributed by atoms with Crippen LogP contribution in [0.5, 0.6) is 0 Å². The third kappa shape index (κ3) is 7.75. The van der Waals surface area contributed by atoms with Gasteiger partial charge >= 0.3 is 5.97 Å². The van der Waals surface area contributed by atoms with Gasteiger partial charge in [0, 0.05) is 6.61 Å². The Morgan fingerprint density at radius 3 is 2.15 bits per heavy atom. The van der Waals surface area contributed by atoms with E-state index in [1.54, 1.807) is 6.92 Å². The summed E-state index contributed by atoms with van der Waals surface area (Å²) in [6.07, 6.45) is -11.9. The van der Waals surface area contributed by atoms with Gasteiger partial charge in [0.05, 0.1) is 24.9 Å². The highest BCUT2D eigenvalue weighted by atomic mass is 16.7. The first-order valence-electron chi connectivity index (χ1n) is 14.6. The van der Waals surface area contributed by atoms with Gasteiger partial charge in [0.15, 0.2) is 18.7 Å². The second kappa shape index (κ2) is 14.6. The van der Waals surface area contributed by atoms with E-state index in [0.29, 0.717) is 0 Å². The van der Waals surface area contributed by atoms with Crippen LogP contribution in [0.2, 0.25) is 0 Å². The van der Waals surface area contributed by atoms with Crippen LogP contribution in [0.15, 0.2) is 0 Å².